The second-order valence-corrected chi connectivity index (χ2v) is 5.34. The number of hydrogen-bond donors (Lipinski definition) is 0. The summed E-state index contributed by atoms with van der Waals surface area (Å²) in [5, 5.41) is 0. The van der Waals surface area contributed by atoms with Gasteiger partial charge in [0.15, 0.2) is 0 Å². The third-order valence-corrected chi connectivity index (χ3v) is 3.76. The van der Waals surface area contributed by atoms with Gasteiger partial charge in [-0.15, -0.1) is 0 Å². The second kappa shape index (κ2) is 7.31. The molecule has 0 N–H and O–H groups in total. The van der Waals surface area contributed by atoms with Gasteiger partial charge in [0.25, 0.3) is 0 Å². The van der Waals surface area contributed by atoms with E-state index in [1.807, 2.05) is 0 Å². The smallest absolute Gasteiger partial charge is 0.0412 e. The van der Waals surface area contributed by atoms with Gasteiger partial charge in [0.1, 0.15) is 0 Å². The van der Waals surface area contributed by atoms with Crippen LogP contribution in [0.1, 0.15) is 78.1 Å². The first-order valence-corrected chi connectivity index (χ1v) is 6.83. The van der Waals surface area contributed by atoms with Crippen molar-refractivity contribution in [3.63, 3.8) is 0 Å². The van der Waals surface area contributed by atoms with E-state index in [1.165, 1.54) is 64.2 Å². The van der Waals surface area contributed by atoms with Gasteiger partial charge in [-0.05, 0) is 18.3 Å². The first kappa shape index (κ1) is 12.1. The predicted octanol–water partition coefficient (Wildman–Crippen LogP) is 5.17. The highest BCUT2D eigenvalue weighted by Crippen LogP contribution is 2.31. The maximum absolute atomic E-state index is 2.43. The second-order valence-electron chi connectivity index (χ2n) is 5.34. The van der Waals surface area contributed by atoms with Crippen molar-refractivity contribution < 1.29 is 0 Å². The molecule has 0 aromatic rings. The van der Waals surface area contributed by atoms with Crippen LogP contribution in [0, 0.1) is 11.8 Å². The van der Waals surface area contributed by atoms with E-state index in [0.29, 0.717) is 0 Å². The maximum atomic E-state index is 2.43. The van der Waals surface area contributed by atoms with Crippen molar-refractivity contribution in [3.05, 3.63) is 0 Å². The van der Waals surface area contributed by atoms with E-state index in [0.717, 1.165) is 11.8 Å². The average molecular weight is 196 g/mol. The Morgan fingerprint density at radius 3 is 2.50 bits per heavy atom. The summed E-state index contributed by atoms with van der Waals surface area (Å²) < 4.78 is 0. The molecule has 0 spiro atoms. The number of rotatable bonds is 6. The minimum Gasteiger partial charge on any atom is -0.0654 e. The van der Waals surface area contributed by atoms with Gasteiger partial charge in [0.2, 0.25) is 0 Å². The summed E-state index contributed by atoms with van der Waals surface area (Å²) in [7, 11) is 0. The lowest BCUT2D eigenvalue weighted by molar-refractivity contribution is 0.264. The molecule has 1 rings (SSSR count). The van der Waals surface area contributed by atoms with Gasteiger partial charge in [0.05, 0.1) is 0 Å². The number of hydrogen-bond acceptors (Lipinski definition) is 0. The lowest BCUT2D eigenvalue weighted by Gasteiger charge is -2.26. The topological polar surface area (TPSA) is 0 Å². The van der Waals surface area contributed by atoms with Crippen LogP contribution in [0.4, 0.5) is 0 Å². The van der Waals surface area contributed by atoms with E-state index in [1.54, 1.807) is 0 Å². The minimum absolute atomic E-state index is 1.02. The van der Waals surface area contributed by atoms with Crippen molar-refractivity contribution in [2.24, 2.45) is 11.8 Å². The first-order chi connectivity index (χ1) is 6.83. The molecule has 0 radical (unpaired) electrons. The summed E-state index contributed by atoms with van der Waals surface area (Å²) in [6.07, 6.45) is 14.8. The van der Waals surface area contributed by atoms with Crippen LogP contribution < -0.4 is 0 Å². The van der Waals surface area contributed by atoms with Crippen molar-refractivity contribution in [1.29, 1.82) is 0 Å². The van der Waals surface area contributed by atoms with Gasteiger partial charge in [-0.3, -0.25) is 0 Å². The quantitative estimate of drug-likeness (QED) is 0.514. The first-order valence-electron chi connectivity index (χ1n) is 6.83. The Labute approximate surface area is 90.5 Å². The molecule has 0 aromatic heterocycles. The Kier molecular flexibility index (Phi) is 6.31. The van der Waals surface area contributed by atoms with Crippen molar-refractivity contribution in [2.75, 3.05) is 0 Å². The molecule has 0 heteroatoms. The Morgan fingerprint density at radius 1 is 1.00 bits per heavy atom. The van der Waals surface area contributed by atoms with Gasteiger partial charge >= 0.3 is 0 Å². The summed E-state index contributed by atoms with van der Waals surface area (Å²) in [4.78, 5) is 0. The Balaban J connectivity index is 1.95. The SMILES string of the molecule is CCCCCCC[C@@H]1CCC[C@@H](C)C1. The molecule has 14 heavy (non-hydrogen) atoms. The monoisotopic (exact) mass is 196 g/mol. The summed E-state index contributed by atoms with van der Waals surface area (Å²) in [6, 6.07) is 0. The van der Waals surface area contributed by atoms with Gasteiger partial charge in [-0.2, -0.15) is 0 Å². The van der Waals surface area contributed by atoms with Gasteiger partial charge < -0.3 is 0 Å². The molecule has 0 heterocycles. The molecule has 1 fully saturated rings. The van der Waals surface area contributed by atoms with Gasteiger partial charge in [-0.1, -0.05) is 71.6 Å². The fourth-order valence-electron chi connectivity index (χ4n) is 2.86. The zero-order valence-corrected chi connectivity index (χ0v) is 10.2. The molecular formula is C14H28. The van der Waals surface area contributed by atoms with Crippen molar-refractivity contribution in [3.8, 4) is 0 Å². The largest absolute Gasteiger partial charge is 0.0654 e. The summed E-state index contributed by atoms with van der Waals surface area (Å²) >= 11 is 0. The third kappa shape index (κ3) is 5.02. The standard InChI is InChI=1S/C14H28/c1-3-4-5-6-7-10-14-11-8-9-13(2)12-14/h13-14H,3-12H2,1-2H3/t13-,14-/m1/s1. The summed E-state index contributed by atoms with van der Waals surface area (Å²) in [5.74, 6) is 2.10. The van der Waals surface area contributed by atoms with Crippen LogP contribution >= 0.6 is 0 Å². The van der Waals surface area contributed by atoms with Crippen molar-refractivity contribution in [1.82, 2.24) is 0 Å². The summed E-state index contributed by atoms with van der Waals surface area (Å²) in [6.45, 7) is 4.73. The van der Waals surface area contributed by atoms with Gasteiger partial charge in [0, 0.05) is 0 Å². The van der Waals surface area contributed by atoms with Crippen LogP contribution in [-0.2, 0) is 0 Å². The van der Waals surface area contributed by atoms with Gasteiger partial charge in [-0.25, -0.2) is 0 Å². The van der Waals surface area contributed by atoms with Crippen LogP contribution in [0.2, 0.25) is 0 Å². The molecule has 0 aliphatic heterocycles. The van der Waals surface area contributed by atoms with Crippen LogP contribution in [-0.4, -0.2) is 0 Å². The zero-order chi connectivity index (χ0) is 10.2. The highest BCUT2D eigenvalue weighted by Gasteiger charge is 2.17. The number of unbranched alkanes of at least 4 members (excludes halogenated alkanes) is 4. The molecule has 1 aliphatic carbocycles. The van der Waals surface area contributed by atoms with E-state index < -0.39 is 0 Å². The molecule has 0 aromatic carbocycles. The molecule has 0 bridgehead atoms. The molecule has 2 atom stereocenters. The Bertz CT molecular complexity index is 128. The maximum Gasteiger partial charge on any atom is -0.0412 e. The molecule has 0 saturated heterocycles. The molecule has 0 nitrogen and oxygen atoms in total. The van der Waals surface area contributed by atoms with Crippen LogP contribution in [0.15, 0.2) is 0 Å². The van der Waals surface area contributed by atoms with E-state index in [2.05, 4.69) is 13.8 Å². The average Bonchev–Trinajstić information content (AvgIpc) is 2.18. The van der Waals surface area contributed by atoms with E-state index in [-0.39, 0.29) is 0 Å². The normalized spacial score (nSPS) is 27.9. The molecule has 84 valence electrons. The lowest BCUT2D eigenvalue weighted by atomic mass is 9.80. The molecule has 1 saturated carbocycles. The van der Waals surface area contributed by atoms with Crippen molar-refractivity contribution >= 4 is 0 Å². The van der Waals surface area contributed by atoms with Crippen LogP contribution in [0.25, 0.3) is 0 Å². The Morgan fingerprint density at radius 2 is 1.79 bits per heavy atom. The van der Waals surface area contributed by atoms with E-state index >= 15 is 0 Å². The minimum atomic E-state index is 1.02. The molecule has 0 amide bonds. The highest BCUT2D eigenvalue weighted by molar-refractivity contribution is 4.70. The lowest BCUT2D eigenvalue weighted by Crippen LogP contribution is -2.12. The zero-order valence-electron chi connectivity index (χ0n) is 10.2. The third-order valence-electron chi connectivity index (χ3n) is 3.76. The Hall–Kier alpha value is 0. The van der Waals surface area contributed by atoms with E-state index in [9.17, 15) is 0 Å². The van der Waals surface area contributed by atoms with E-state index in [4.69, 9.17) is 0 Å². The van der Waals surface area contributed by atoms with Crippen LogP contribution in [0.5, 0.6) is 0 Å². The fourth-order valence-corrected chi connectivity index (χ4v) is 2.86. The predicted molar refractivity (Wildman–Crippen MR) is 64.5 cm³/mol. The van der Waals surface area contributed by atoms with Crippen LogP contribution in [0.3, 0.4) is 0 Å². The molecule has 1 aliphatic rings. The van der Waals surface area contributed by atoms with Crippen molar-refractivity contribution in [2.45, 2.75) is 78.1 Å². The fraction of sp³-hybridized carbons (Fsp3) is 1.00. The highest BCUT2D eigenvalue weighted by atomic mass is 14.2. The molecule has 0 unspecified atom stereocenters. The summed E-state index contributed by atoms with van der Waals surface area (Å²) in [5.41, 5.74) is 0. The molecular weight excluding hydrogens is 168 g/mol.